The molecule has 0 atom stereocenters. The number of nitrogens with zero attached hydrogens (tertiary/aromatic N) is 1. The fourth-order valence-electron chi connectivity index (χ4n) is 2.53. The second-order valence-corrected chi connectivity index (χ2v) is 8.94. The average molecular weight is 499 g/mol. The van der Waals surface area contributed by atoms with Crippen molar-refractivity contribution in [1.82, 2.24) is 5.32 Å². The first-order valence-corrected chi connectivity index (χ1v) is 10.7. The van der Waals surface area contributed by atoms with Crippen LogP contribution in [0.1, 0.15) is 11.1 Å². The SMILES string of the molecule is CNCc1ccc(OCC(=O)O)c(-c2cc(F)cc(C#N)c2)c1.Sc1cc(Cl)c(Cl)s1. The molecule has 3 rings (SSSR count). The Kier molecular flexibility index (Phi) is 9.62. The molecule has 162 valence electrons. The summed E-state index contributed by atoms with van der Waals surface area (Å²) in [5.74, 6) is -1.32. The van der Waals surface area contributed by atoms with Crippen LogP contribution in [-0.2, 0) is 11.3 Å². The molecule has 1 aromatic heterocycles. The third-order valence-electron chi connectivity index (χ3n) is 3.75. The van der Waals surface area contributed by atoms with Crippen molar-refractivity contribution in [2.45, 2.75) is 10.8 Å². The predicted octanol–water partition coefficient (Wildman–Crippen LogP) is 5.89. The average Bonchev–Trinajstić information content (AvgIpc) is 3.02. The first-order chi connectivity index (χ1) is 14.7. The third-order valence-corrected chi connectivity index (χ3v) is 5.82. The van der Waals surface area contributed by atoms with Gasteiger partial charge in [0.2, 0.25) is 0 Å². The number of carbonyl (C=O) groups is 1. The Bertz CT molecular complexity index is 1100. The van der Waals surface area contributed by atoms with E-state index in [1.807, 2.05) is 6.07 Å². The molecular formula is C21H17Cl2FN2O3S2. The van der Waals surface area contributed by atoms with Crippen molar-refractivity contribution in [3.63, 3.8) is 0 Å². The molecule has 0 aliphatic carbocycles. The number of carboxylic acids is 1. The molecule has 0 saturated carbocycles. The van der Waals surface area contributed by atoms with Crippen molar-refractivity contribution < 1.29 is 19.0 Å². The molecule has 0 aliphatic rings. The van der Waals surface area contributed by atoms with Gasteiger partial charge in [0, 0.05) is 12.1 Å². The van der Waals surface area contributed by atoms with Crippen LogP contribution < -0.4 is 10.1 Å². The first-order valence-electron chi connectivity index (χ1n) is 8.70. The van der Waals surface area contributed by atoms with Gasteiger partial charge >= 0.3 is 5.97 Å². The van der Waals surface area contributed by atoms with Gasteiger partial charge in [0.15, 0.2) is 6.61 Å². The second-order valence-electron chi connectivity index (χ2n) is 6.09. The maximum absolute atomic E-state index is 13.7. The number of thiol groups is 1. The summed E-state index contributed by atoms with van der Waals surface area (Å²) in [7, 11) is 1.80. The summed E-state index contributed by atoms with van der Waals surface area (Å²) in [6.45, 7) is 0.0887. The highest BCUT2D eigenvalue weighted by Crippen LogP contribution is 2.33. The smallest absolute Gasteiger partial charge is 0.341 e. The molecule has 0 aliphatic heterocycles. The van der Waals surface area contributed by atoms with Gasteiger partial charge in [-0.05, 0) is 54.6 Å². The number of hydrogen-bond acceptors (Lipinski definition) is 6. The quantitative estimate of drug-likeness (QED) is 0.369. The van der Waals surface area contributed by atoms with Gasteiger partial charge in [-0.3, -0.25) is 0 Å². The Morgan fingerprint density at radius 2 is 2.03 bits per heavy atom. The molecular weight excluding hydrogens is 482 g/mol. The molecule has 3 aromatic rings. The van der Waals surface area contributed by atoms with Crippen molar-refractivity contribution in [2.24, 2.45) is 0 Å². The molecule has 0 amide bonds. The summed E-state index contributed by atoms with van der Waals surface area (Å²) in [5, 5.41) is 21.3. The van der Waals surface area contributed by atoms with E-state index in [1.165, 1.54) is 23.5 Å². The Morgan fingerprint density at radius 3 is 2.55 bits per heavy atom. The van der Waals surface area contributed by atoms with E-state index in [1.54, 1.807) is 31.3 Å². The number of hydrogen-bond donors (Lipinski definition) is 3. The van der Waals surface area contributed by atoms with Gasteiger partial charge in [-0.15, -0.1) is 24.0 Å². The van der Waals surface area contributed by atoms with Gasteiger partial charge < -0.3 is 15.2 Å². The van der Waals surface area contributed by atoms with Crippen LogP contribution in [0.4, 0.5) is 4.39 Å². The number of rotatable bonds is 6. The van der Waals surface area contributed by atoms with Crippen LogP contribution in [0.3, 0.4) is 0 Å². The highest BCUT2D eigenvalue weighted by Gasteiger charge is 2.12. The lowest BCUT2D eigenvalue weighted by atomic mass is 10.00. The van der Waals surface area contributed by atoms with E-state index >= 15 is 0 Å². The molecule has 31 heavy (non-hydrogen) atoms. The zero-order chi connectivity index (χ0) is 23.0. The number of nitriles is 1. The number of aliphatic carboxylic acids is 1. The van der Waals surface area contributed by atoms with Crippen LogP contribution in [0, 0.1) is 17.1 Å². The molecule has 0 spiro atoms. The molecule has 5 nitrogen and oxygen atoms in total. The second kappa shape index (κ2) is 11.9. The predicted molar refractivity (Wildman–Crippen MR) is 124 cm³/mol. The topological polar surface area (TPSA) is 82.3 Å². The highest BCUT2D eigenvalue weighted by molar-refractivity contribution is 7.83. The van der Waals surface area contributed by atoms with E-state index in [0.29, 0.717) is 32.8 Å². The Hall–Kier alpha value is -2.28. The lowest BCUT2D eigenvalue weighted by Gasteiger charge is -2.13. The monoisotopic (exact) mass is 498 g/mol. The molecule has 0 radical (unpaired) electrons. The Balaban J connectivity index is 0.000000357. The van der Waals surface area contributed by atoms with Gasteiger partial charge in [-0.1, -0.05) is 29.3 Å². The molecule has 2 N–H and O–H groups in total. The minimum absolute atomic E-state index is 0.184. The molecule has 2 aromatic carbocycles. The van der Waals surface area contributed by atoms with Crippen molar-refractivity contribution in [3.8, 4) is 22.9 Å². The van der Waals surface area contributed by atoms with Gasteiger partial charge in [-0.2, -0.15) is 5.26 Å². The summed E-state index contributed by atoms with van der Waals surface area (Å²) >= 11 is 16.5. The Morgan fingerprint density at radius 1 is 1.29 bits per heavy atom. The molecule has 10 heteroatoms. The van der Waals surface area contributed by atoms with E-state index in [9.17, 15) is 9.18 Å². The van der Waals surface area contributed by atoms with Crippen LogP contribution in [0.25, 0.3) is 11.1 Å². The van der Waals surface area contributed by atoms with Crippen LogP contribution in [0.5, 0.6) is 5.75 Å². The van der Waals surface area contributed by atoms with Gasteiger partial charge in [0.1, 0.15) is 15.9 Å². The zero-order valence-electron chi connectivity index (χ0n) is 16.2. The minimum Gasteiger partial charge on any atom is -0.481 e. The van der Waals surface area contributed by atoms with Gasteiger partial charge in [-0.25, -0.2) is 9.18 Å². The van der Waals surface area contributed by atoms with E-state index in [4.69, 9.17) is 38.3 Å². The molecule has 1 heterocycles. The van der Waals surface area contributed by atoms with E-state index in [0.717, 1.165) is 15.8 Å². The summed E-state index contributed by atoms with van der Waals surface area (Å²) in [6.07, 6.45) is 0. The largest absolute Gasteiger partial charge is 0.481 e. The van der Waals surface area contributed by atoms with E-state index < -0.39 is 18.4 Å². The number of nitrogens with one attached hydrogen (secondary N) is 1. The molecule has 0 bridgehead atoms. The van der Waals surface area contributed by atoms with E-state index in [2.05, 4.69) is 17.9 Å². The lowest BCUT2D eigenvalue weighted by molar-refractivity contribution is -0.139. The molecule has 0 fully saturated rings. The molecule has 0 unspecified atom stereocenters. The van der Waals surface area contributed by atoms with Crippen LogP contribution in [-0.4, -0.2) is 24.7 Å². The minimum atomic E-state index is -1.10. The molecule has 0 saturated heterocycles. The van der Waals surface area contributed by atoms with Gasteiger partial charge in [0.25, 0.3) is 0 Å². The number of benzene rings is 2. The standard InChI is InChI=1S/C17H15FN2O3.C4H2Cl2S2/c1-20-9-11-2-3-16(23-10-17(21)22)15(6-11)13-4-12(8-19)5-14(18)7-13;5-2-1-3(7)8-4(2)6/h2-7,20H,9-10H2,1H3,(H,21,22);1,7H. The third kappa shape index (κ3) is 7.73. The maximum atomic E-state index is 13.7. The number of halogens is 3. The van der Waals surface area contributed by atoms with Crippen molar-refractivity contribution >= 4 is 53.1 Å². The maximum Gasteiger partial charge on any atom is 0.341 e. The number of thiophene rings is 1. The Labute approximate surface area is 198 Å². The lowest BCUT2D eigenvalue weighted by Crippen LogP contribution is -2.10. The van der Waals surface area contributed by atoms with Crippen molar-refractivity contribution in [1.29, 1.82) is 5.26 Å². The summed E-state index contributed by atoms with van der Waals surface area (Å²) in [6, 6.07) is 12.8. The normalized spacial score (nSPS) is 10.1. The summed E-state index contributed by atoms with van der Waals surface area (Å²) in [4.78, 5) is 10.7. The van der Waals surface area contributed by atoms with Crippen molar-refractivity contribution in [3.05, 3.63) is 68.8 Å². The van der Waals surface area contributed by atoms with Crippen molar-refractivity contribution in [2.75, 3.05) is 13.7 Å². The summed E-state index contributed by atoms with van der Waals surface area (Å²) < 4.78 is 20.4. The number of ether oxygens (including phenoxy) is 1. The van der Waals surface area contributed by atoms with E-state index in [-0.39, 0.29) is 5.56 Å². The van der Waals surface area contributed by atoms with Crippen LogP contribution in [0.2, 0.25) is 9.36 Å². The fraction of sp³-hybridized carbons (Fsp3) is 0.143. The fourth-order valence-corrected chi connectivity index (χ4v) is 4.28. The highest BCUT2D eigenvalue weighted by atomic mass is 35.5. The first kappa shape index (κ1) is 25.0. The number of carboxylic acid groups (broad SMARTS) is 1. The van der Waals surface area contributed by atoms with Crippen LogP contribution in [0.15, 0.2) is 46.7 Å². The van der Waals surface area contributed by atoms with Gasteiger partial charge in [0.05, 0.1) is 20.9 Å². The zero-order valence-corrected chi connectivity index (χ0v) is 19.4. The summed E-state index contributed by atoms with van der Waals surface area (Å²) in [5.41, 5.74) is 2.10. The van der Waals surface area contributed by atoms with Crippen LogP contribution >= 0.6 is 47.2 Å².